The molecule has 152 valence electrons. The number of aromatic nitrogens is 3. The van der Waals surface area contributed by atoms with Crippen molar-refractivity contribution in [1.29, 1.82) is 0 Å². The molecule has 0 atom stereocenters. The van der Waals surface area contributed by atoms with Gasteiger partial charge in [0, 0.05) is 5.69 Å². The zero-order valence-corrected chi connectivity index (χ0v) is 17.3. The molecule has 7 nitrogen and oxygen atoms in total. The maximum absolute atomic E-state index is 12.4. The molecule has 0 spiro atoms. The van der Waals surface area contributed by atoms with E-state index in [0.29, 0.717) is 16.7 Å². The van der Waals surface area contributed by atoms with Gasteiger partial charge in [-0.2, -0.15) is 0 Å². The number of carbonyl (C=O) groups is 1. The highest BCUT2D eigenvalue weighted by Gasteiger charge is 2.19. The van der Waals surface area contributed by atoms with Crippen LogP contribution in [0.3, 0.4) is 0 Å². The molecule has 4 aromatic rings. The lowest BCUT2D eigenvalue weighted by atomic mass is 10.2. The topological polar surface area (TPSA) is 82.2 Å². The van der Waals surface area contributed by atoms with Gasteiger partial charge >= 0.3 is 0 Å². The fraction of sp³-hybridized carbons (Fsp3) is 0.136. The number of carbonyl (C=O) groups excluding carboxylic acids is 1. The van der Waals surface area contributed by atoms with Crippen LogP contribution in [0.15, 0.2) is 76.5 Å². The molecule has 2 aromatic carbocycles. The summed E-state index contributed by atoms with van der Waals surface area (Å²) in [7, 11) is 1.62. The van der Waals surface area contributed by atoms with Crippen LogP contribution in [0.5, 0.6) is 5.75 Å². The van der Waals surface area contributed by atoms with Crippen molar-refractivity contribution < 1.29 is 13.9 Å². The Bertz CT molecular complexity index is 1120. The van der Waals surface area contributed by atoms with Crippen LogP contribution in [-0.4, -0.2) is 33.5 Å². The van der Waals surface area contributed by atoms with E-state index in [1.165, 1.54) is 11.8 Å². The van der Waals surface area contributed by atoms with E-state index >= 15 is 0 Å². The van der Waals surface area contributed by atoms with E-state index in [1.54, 1.807) is 19.4 Å². The molecule has 0 unspecified atom stereocenters. The lowest BCUT2D eigenvalue weighted by molar-refractivity contribution is -0.113. The first-order valence-electron chi connectivity index (χ1n) is 9.27. The molecule has 0 bridgehead atoms. The first kappa shape index (κ1) is 19.8. The summed E-state index contributed by atoms with van der Waals surface area (Å²) in [6, 6.07) is 18.8. The number of rotatable bonds is 7. The predicted octanol–water partition coefficient (Wildman–Crippen LogP) is 4.58. The number of furan rings is 1. The normalized spacial score (nSPS) is 10.7. The molecule has 30 heavy (non-hydrogen) atoms. The fourth-order valence-electron chi connectivity index (χ4n) is 2.86. The Balaban J connectivity index is 1.56. The zero-order chi connectivity index (χ0) is 20.9. The van der Waals surface area contributed by atoms with Gasteiger partial charge in [-0.1, -0.05) is 29.5 Å². The third kappa shape index (κ3) is 4.38. The predicted molar refractivity (Wildman–Crippen MR) is 116 cm³/mol. The number of anilines is 1. The minimum absolute atomic E-state index is 0.118. The molecule has 2 heterocycles. The molecule has 2 aromatic heterocycles. The van der Waals surface area contributed by atoms with Crippen LogP contribution in [0.1, 0.15) is 5.56 Å². The Kier molecular flexibility index (Phi) is 5.85. The molecule has 0 saturated heterocycles. The van der Waals surface area contributed by atoms with Crippen LogP contribution in [-0.2, 0) is 4.79 Å². The Hall–Kier alpha value is -3.52. The van der Waals surface area contributed by atoms with Gasteiger partial charge in [-0.15, -0.1) is 10.2 Å². The van der Waals surface area contributed by atoms with Crippen molar-refractivity contribution in [2.75, 3.05) is 18.2 Å². The minimum Gasteiger partial charge on any atom is -0.497 e. The van der Waals surface area contributed by atoms with Crippen molar-refractivity contribution in [2.45, 2.75) is 12.1 Å². The number of nitrogens with one attached hydrogen (secondary N) is 1. The third-order valence-electron chi connectivity index (χ3n) is 4.37. The molecule has 1 N–H and O–H groups in total. The highest BCUT2D eigenvalue weighted by molar-refractivity contribution is 7.99. The van der Waals surface area contributed by atoms with Crippen LogP contribution in [0.25, 0.3) is 17.3 Å². The van der Waals surface area contributed by atoms with Crippen molar-refractivity contribution >= 4 is 23.4 Å². The largest absolute Gasteiger partial charge is 0.497 e. The summed E-state index contributed by atoms with van der Waals surface area (Å²) in [5.74, 6) is 1.98. The average molecular weight is 420 g/mol. The van der Waals surface area contributed by atoms with Gasteiger partial charge in [0.1, 0.15) is 5.75 Å². The summed E-state index contributed by atoms with van der Waals surface area (Å²) in [4.78, 5) is 12.4. The maximum Gasteiger partial charge on any atom is 0.234 e. The lowest BCUT2D eigenvalue weighted by Crippen LogP contribution is -2.14. The van der Waals surface area contributed by atoms with Crippen molar-refractivity contribution in [1.82, 2.24) is 14.8 Å². The second-order valence-electron chi connectivity index (χ2n) is 6.52. The van der Waals surface area contributed by atoms with Crippen molar-refractivity contribution in [3.63, 3.8) is 0 Å². The Morgan fingerprint density at radius 3 is 2.53 bits per heavy atom. The van der Waals surface area contributed by atoms with Gasteiger partial charge < -0.3 is 14.5 Å². The van der Waals surface area contributed by atoms with E-state index in [1.807, 2.05) is 66.1 Å². The van der Waals surface area contributed by atoms with E-state index in [2.05, 4.69) is 15.5 Å². The summed E-state index contributed by atoms with van der Waals surface area (Å²) in [5.41, 5.74) is 2.74. The molecule has 8 heteroatoms. The number of amides is 1. The first-order valence-corrected chi connectivity index (χ1v) is 10.3. The van der Waals surface area contributed by atoms with Gasteiger partial charge in [-0.25, -0.2) is 0 Å². The van der Waals surface area contributed by atoms with Gasteiger partial charge in [0.25, 0.3) is 0 Å². The first-order chi connectivity index (χ1) is 14.6. The number of methoxy groups -OCH3 is 1. The van der Waals surface area contributed by atoms with E-state index in [4.69, 9.17) is 9.15 Å². The maximum atomic E-state index is 12.4. The molecular formula is C22H20N4O3S. The van der Waals surface area contributed by atoms with Gasteiger partial charge in [0.2, 0.25) is 11.7 Å². The molecule has 0 aliphatic heterocycles. The monoisotopic (exact) mass is 420 g/mol. The van der Waals surface area contributed by atoms with Crippen LogP contribution in [0, 0.1) is 6.92 Å². The SMILES string of the molecule is COc1ccc(-n2c(SCC(=O)Nc3ccc(C)cc3)nnc2-c2ccco2)cc1. The van der Waals surface area contributed by atoms with Gasteiger partial charge in [0.05, 0.1) is 24.8 Å². The van der Waals surface area contributed by atoms with E-state index in [9.17, 15) is 4.79 Å². The second-order valence-corrected chi connectivity index (χ2v) is 7.46. The van der Waals surface area contributed by atoms with E-state index in [-0.39, 0.29) is 11.7 Å². The molecule has 0 aliphatic rings. The van der Waals surface area contributed by atoms with Crippen LogP contribution >= 0.6 is 11.8 Å². The smallest absolute Gasteiger partial charge is 0.234 e. The molecule has 4 rings (SSSR count). The molecule has 0 aliphatic carbocycles. The number of benzene rings is 2. The van der Waals surface area contributed by atoms with Crippen LogP contribution in [0.2, 0.25) is 0 Å². The number of thioether (sulfide) groups is 1. The fourth-order valence-corrected chi connectivity index (χ4v) is 3.61. The molecule has 0 radical (unpaired) electrons. The highest BCUT2D eigenvalue weighted by Crippen LogP contribution is 2.29. The second kappa shape index (κ2) is 8.87. The number of aryl methyl sites for hydroxylation is 1. The van der Waals surface area contributed by atoms with Gasteiger partial charge in [-0.3, -0.25) is 9.36 Å². The van der Waals surface area contributed by atoms with E-state index in [0.717, 1.165) is 22.7 Å². The Morgan fingerprint density at radius 1 is 1.10 bits per heavy atom. The minimum atomic E-state index is -0.118. The van der Waals surface area contributed by atoms with Gasteiger partial charge in [-0.05, 0) is 55.5 Å². The van der Waals surface area contributed by atoms with Crippen molar-refractivity contribution in [3.8, 4) is 23.0 Å². The quantitative estimate of drug-likeness (QED) is 0.441. The molecule has 0 saturated carbocycles. The zero-order valence-electron chi connectivity index (χ0n) is 16.5. The van der Waals surface area contributed by atoms with Crippen molar-refractivity contribution in [3.05, 3.63) is 72.5 Å². The highest BCUT2D eigenvalue weighted by atomic mass is 32.2. The summed E-state index contributed by atoms with van der Waals surface area (Å²) in [5, 5.41) is 12.1. The number of hydrogen-bond acceptors (Lipinski definition) is 6. The summed E-state index contributed by atoms with van der Waals surface area (Å²) in [6.45, 7) is 2.00. The number of hydrogen-bond donors (Lipinski definition) is 1. The summed E-state index contributed by atoms with van der Waals surface area (Å²) in [6.07, 6.45) is 1.59. The van der Waals surface area contributed by atoms with Crippen LogP contribution in [0.4, 0.5) is 5.69 Å². The average Bonchev–Trinajstić information content (AvgIpc) is 3.44. The Labute approximate surface area is 178 Å². The number of ether oxygens (including phenoxy) is 1. The summed E-state index contributed by atoms with van der Waals surface area (Å²) < 4.78 is 12.6. The molecule has 0 fully saturated rings. The molecular weight excluding hydrogens is 400 g/mol. The molecule has 1 amide bonds. The number of nitrogens with zero attached hydrogens (tertiary/aromatic N) is 3. The van der Waals surface area contributed by atoms with E-state index < -0.39 is 0 Å². The Morgan fingerprint density at radius 2 is 1.87 bits per heavy atom. The standard InChI is InChI=1S/C22H20N4O3S/c1-15-5-7-16(8-6-15)23-20(27)14-30-22-25-24-21(19-4-3-13-29-19)26(22)17-9-11-18(28-2)12-10-17/h3-13H,14H2,1-2H3,(H,23,27). The third-order valence-corrected chi connectivity index (χ3v) is 5.30. The summed E-state index contributed by atoms with van der Waals surface area (Å²) >= 11 is 1.30. The van der Waals surface area contributed by atoms with Gasteiger partial charge in [0.15, 0.2) is 10.9 Å². The van der Waals surface area contributed by atoms with Crippen molar-refractivity contribution in [2.24, 2.45) is 0 Å². The lowest BCUT2D eigenvalue weighted by Gasteiger charge is -2.10. The van der Waals surface area contributed by atoms with Crippen LogP contribution < -0.4 is 10.1 Å².